The van der Waals surface area contributed by atoms with Crippen molar-refractivity contribution >= 4 is 23.2 Å². The lowest BCUT2D eigenvalue weighted by atomic mass is 9.75. The Morgan fingerprint density at radius 2 is 1.84 bits per heavy atom. The Hall–Kier alpha value is -0.240. The standard InChI is InChI=1S/C16H21Cl2N/c17-15-6-5-14(16(18)9-15)11-19-8-7-12-3-1-2-4-13(12)10-19/h5-6,9,12-13H,1-4,7-8,10-11H2. The average Bonchev–Trinajstić information content (AvgIpc) is 2.42. The number of fused-ring (bicyclic) bond motifs is 1. The number of hydrogen-bond donors (Lipinski definition) is 0. The molecule has 3 heteroatoms. The summed E-state index contributed by atoms with van der Waals surface area (Å²) in [6, 6.07) is 5.86. The zero-order chi connectivity index (χ0) is 13.2. The lowest BCUT2D eigenvalue weighted by Crippen LogP contribution is -2.41. The van der Waals surface area contributed by atoms with Gasteiger partial charge in [-0.25, -0.2) is 0 Å². The first-order valence-corrected chi connectivity index (χ1v) is 8.14. The molecule has 1 aromatic carbocycles. The fourth-order valence-corrected chi connectivity index (χ4v) is 4.18. The molecule has 2 fully saturated rings. The summed E-state index contributed by atoms with van der Waals surface area (Å²) in [4.78, 5) is 2.57. The topological polar surface area (TPSA) is 3.24 Å². The number of piperidine rings is 1. The summed E-state index contributed by atoms with van der Waals surface area (Å²) >= 11 is 12.2. The number of likely N-dealkylation sites (tertiary alicyclic amines) is 1. The first-order valence-electron chi connectivity index (χ1n) is 7.38. The minimum atomic E-state index is 0.722. The summed E-state index contributed by atoms with van der Waals surface area (Å²) < 4.78 is 0. The molecule has 0 radical (unpaired) electrons. The van der Waals surface area contributed by atoms with Gasteiger partial charge in [-0.05, 0) is 48.9 Å². The summed E-state index contributed by atoms with van der Waals surface area (Å²) in [7, 11) is 0. The molecule has 2 unspecified atom stereocenters. The number of benzene rings is 1. The van der Waals surface area contributed by atoms with E-state index in [0.717, 1.165) is 28.4 Å². The Labute approximate surface area is 125 Å². The third-order valence-electron chi connectivity index (χ3n) is 4.78. The zero-order valence-electron chi connectivity index (χ0n) is 11.2. The predicted octanol–water partition coefficient (Wildman–Crippen LogP) is 5.01. The van der Waals surface area contributed by atoms with Gasteiger partial charge in [-0.2, -0.15) is 0 Å². The van der Waals surface area contributed by atoms with Crippen LogP contribution in [0.1, 0.15) is 37.7 Å². The lowest BCUT2D eigenvalue weighted by molar-refractivity contribution is 0.0821. The molecule has 0 aromatic heterocycles. The molecule has 1 aromatic rings. The van der Waals surface area contributed by atoms with Crippen LogP contribution < -0.4 is 0 Å². The van der Waals surface area contributed by atoms with Crippen molar-refractivity contribution in [3.8, 4) is 0 Å². The molecule has 1 heterocycles. The molecular formula is C16H21Cl2N. The second kappa shape index (κ2) is 6.03. The van der Waals surface area contributed by atoms with Gasteiger partial charge in [-0.1, -0.05) is 48.5 Å². The fourth-order valence-electron chi connectivity index (χ4n) is 3.71. The monoisotopic (exact) mass is 297 g/mol. The van der Waals surface area contributed by atoms with E-state index in [1.54, 1.807) is 0 Å². The molecular weight excluding hydrogens is 277 g/mol. The third kappa shape index (κ3) is 3.26. The maximum absolute atomic E-state index is 6.28. The first kappa shape index (κ1) is 13.7. The number of halogens is 2. The molecule has 2 atom stereocenters. The Morgan fingerprint density at radius 3 is 2.63 bits per heavy atom. The van der Waals surface area contributed by atoms with Gasteiger partial charge in [0.2, 0.25) is 0 Å². The highest BCUT2D eigenvalue weighted by Gasteiger charge is 2.31. The minimum Gasteiger partial charge on any atom is -0.299 e. The van der Waals surface area contributed by atoms with Crippen molar-refractivity contribution in [1.29, 1.82) is 0 Å². The highest BCUT2D eigenvalue weighted by molar-refractivity contribution is 6.35. The predicted molar refractivity (Wildman–Crippen MR) is 81.8 cm³/mol. The van der Waals surface area contributed by atoms with Gasteiger partial charge >= 0.3 is 0 Å². The fraction of sp³-hybridized carbons (Fsp3) is 0.625. The van der Waals surface area contributed by atoms with Crippen LogP contribution >= 0.6 is 23.2 Å². The molecule has 2 aliphatic rings. The van der Waals surface area contributed by atoms with Crippen LogP contribution in [0.3, 0.4) is 0 Å². The van der Waals surface area contributed by atoms with E-state index in [1.807, 2.05) is 12.1 Å². The van der Waals surface area contributed by atoms with Gasteiger partial charge in [-0.3, -0.25) is 4.90 Å². The maximum Gasteiger partial charge on any atom is 0.0465 e. The van der Waals surface area contributed by atoms with Crippen molar-refractivity contribution in [3.05, 3.63) is 33.8 Å². The van der Waals surface area contributed by atoms with Crippen molar-refractivity contribution < 1.29 is 0 Å². The van der Waals surface area contributed by atoms with Crippen molar-refractivity contribution in [2.24, 2.45) is 11.8 Å². The minimum absolute atomic E-state index is 0.722. The number of nitrogens with zero attached hydrogens (tertiary/aromatic N) is 1. The molecule has 0 bridgehead atoms. The molecule has 1 saturated carbocycles. The van der Waals surface area contributed by atoms with Gasteiger partial charge in [0.25, 0.3) is 0 Å². The van der Waals surface area contributed by atoms with E-state index in [9.17, 15) is 0 Å². The van der Waals surface area contributed by atoms with Gasteiger partial charge in [0.05, 0.1) is 0 Å². The molecule has 19 heavy (non-hydrogen) atoms. The van der Waals surface area contributed by atoms with E-state index in [0.29, 0.717) is 0 Å². The van der Waals surface area contributed by atoms with Crippen molar-refractivity contribution in [3.63, 3.8) is 0 Å². The SMILES string of the molecule is Clc1ccc(CN2CCC3CCCCC3C2)c(Cl)c1. The summed E-state index contributed by atoms with van der Waals surface area (Å²) in [6.07, 6.45) is 7.13. The summed E-state index contributed by atoms with van der Waals surface area (Å²) in [5.74, 6) is 1.92. The van der Waals surface area contributed by atoms with E-state index in [2.05, 4.69) is 11.0 Å². The smallest absolute Gasteiger partial charge is 0.0465 e. The van der Waals surface area contributed by atoms with Gasteiger partial charge in [0.1, 0.15) is 0 Å². The van der Waals surface area contributed by atoms with E-state index >= 15 is 0 Å². The van der Waals surface area contributed by atoms with Crippen molar-refractivity contribution in [2.45, 2.75) is 38.6 Å². The molecule has 1 saturated heterocycles. The quantitative estimate of drug-likeness (QED) is 0.742. The van der Waals surface area contributed by atoms with Crippen LogP contribution in [0.2, 0.25) is 10.0 Å². The van der Waals surface area contributed by atoms with Crippen LogP contribution in [0.25, 0.3) is 0 Å². The lowest BCUT2D eigenvalue weighted by Gasteiger charge is -2.41. The van der Waals surface area contributed by atoms with E-state index < -0.39 is 0 Å². The Bertz CT molecular complexity index is 446. The summed E-state index contributed by atoms with van der Waals surface area (Å²) in [5, 5.41) is 1.53. The van der Waals surface area contributed by atoms with Gasteiger partial charge in [-0.15, -0.1) is 0 Å². The van der Waals surface area contributed by atoms with Crippen molar-refractivity contribution in [2.75, 3.05) is 13.1 Å². The van der Waals surface area contributed by atoms with Crippen LogP contribution in [0.5, 0.6) is 0 Å². The molecule has 0 N–H and O–H groups in total. The van der Waals surface area contributed by atoms with Crippen LogP contribution in [-0.2, 0) is 6.54 Å². The molecule has 1 aliphatic carbocycles. The molecule has 104 valence electrons. The highest BCUT2D eigenvalue weighted by atomic mass is 35.5. The molecule has 0 amide bonds. The maximum atomic E-state index is 6.28. The normalized spacial score (nSPS) is 28.1. The summed E-state index contributed by atoms with van der Waals surface area (Å²) in [5.41, 5.74) is 1.21. The first-order chi connectivity index (χ1) is 9.22. The Balaban J connectivity index is 1.64. The van der Waals surface area contributed by atoms with Crippen LogP contribution in [-0.4, -0.2) is 18.0 Å². The van der Waals surface area contributed by atoms with Crippen LogP contribution in [0.4, 0.5) is 0 Å². The van der Waals surface area contributed by atoms with Crippen LogP contribution in [0.15, 0.2) is 18.2 Å². The van der Waals surface area contributed by atoms with Gasteiger partial charge in [0, 0.05) is 23.1 Å². The largest absolute Gasteiger partial charge is 0.299 e. The third-order valence-corrected chi connectivity index (χ3v) is 5.37. The molecule has 0 spiro atoms. The molecule has 1 aliphatic heterocycles. The Morgan fingerprint density at radius 1 is 1.05 bits per heavy atom. The van der Waals surface area contributed by atoms with Crippen molar-refractivity contribution in [1.82, 2.24) is 4.90 Å². The van der Waals surface area contributed by atoms with E-state index in [-0.39, 0.29) is 0 Å². The van der Waals surface area contributed by atoms with Gasteiger partial charge < -0.3 is 0 Å². The van der Waals surface area contributed by atoms with Crippen LogP contribution in [0, 0.1) is 11.8 Å². The Kier molecular flexibility index (Phi) is 4.36. The second-order valence-corrected chi connectivity index (χ2v) is 6.91. The van der Waals surface area contributed by atoms with E-state index in [4.69, 9.17) is 23.2 Å². The summed E-state index contributed by atoms with van der Waals surface area (Å²) in [6.45, 7) is 3.45. The molecule has 1 nitrogen and oxygen atoms in total. The highest BCUT2D eigenvalue weighted by Crippen LogP contribution is 2.36. The van der Waals surface area contributed by atoms with E-state index in [1.165, 1.54) is 50.8 Å². The second-order valence-electron chi connectivity index (χ2n) is 6.06. The number of rotatable bonds is 2. The average molecular weight is 298 g/mol. The zero-order valence-corrected chi connectivity index (χ0v) is 12.8. The number of hydrogen-bond acceptors (Lipinski definition) is 1. The molecule has 3 rings (SSSR count). The van der Waals surface area contributed by atoms with Gasteiger partial charge in [0.15, 0.2) is 0 Å².